The van der Waals surface area contributed by atoms with Crippen molar-refractivity contribution < 1.29 is 12.8 Å². The molecule has 0 bridgehead atoms. The predicted octanol–water partition coefficient (Wildman–Crippen LogP) is 2.45. The van der Waals surface area contributed by atoms with E-state index < -0.39 is 15.8 Å². The Balaban J connectivity index is 2.32. The van der Waals surface area contributed by atoms with Crippen LogP contribution in [0.5, 0.6) is 0 Å². The van der Waals surface area contributed by atoms with Gasteiger partial charge in [-0.1, -0.05) is 11.6 Å². The van der Waals surface area contributed by atoms with Crippen LogP contribution in [0.25, 0.3) is 0 Å². The highest BCUT2D eigenvalue weighted by molar-refractivity contribution is 7.89. The lowest BCUT2D eigenvalue weighted by Crippen LogP contribution is -2.12. The number of anilines is 3. The summed E-state index contributed by atoms with van der Waals surface area (Å²) in [4.78, 5) is -0.0946. The number of sulfonamides is 1. The summed E-state index contributed by atoms with van der Waals surface area (Å²) in [7, 11) is -3.81. The van der Waals surface area contributed by atoms with Crippen molar-refractivity contribution in [1.82, 2.24) is 0 Å². The Labute approximate surface area is 120 Å². The van der Waals surface area contributed by atoms with E-state index in [1.165, 1.54) is 30.3 Å². The third-order valence-corrected chi connectivity index (χ3v) is 3.77. The fourth-order valence-electron chi connectivity index (χ4n) is 1.56. The highest BCUT2D eigenvalue weighted by Gasteiger charge is 2.10. The number of nitrogen functional groups attached to an aromatic ring is 1. The maximum Gasteiger partial charge on any atom is 0.238 e. The normalized spacial score (nSPS) is 11.3. The molecule has 0 radical (unpaired) electrons. The summed E-state index contributed by atoms with van der Waals surface area (Å²) in [6.45, 7) is 0. The molecular formula is C12H11ClFN3O2S. The van der Waals surface area contributed by atoms with Crippen molar-refractivity contribution in [1.29, 1.82) is 0 Å². The third kappa shape index (κ3) is 3.19. The Kier molecular flexibility index (Phi) is 3.85. The van der Waals surface area contributed by atoms with Crippen LogP contribution in [0.1, 0.15) is 0 Å². The summed E-state index contributed by atoms with van der Waals surface area (Å²) in [5.74, 6) is -0.573. The molecule has 0 unspecified atom stereocenters. The number of primary sulfonamides is 1. The quantitative estimate of drug-likeness (QED) is 0.758. The van der Waals surface area contributed by atoms with Gasteiger partial charge in [0.2, 0.25) is 10.0 Å². The zero-order chi connectivity index (χ0) is 14.9. The summed E-state index contributed by atoms with van der Waals surface area (Å²) < 4.78 is 35.7. The first-order valence-corrected chi connectivity index (χ1v) is 7.34. The second-order valence-corrected chi connectivity index (χ2v) is 6.02. The number of halogens is 2. The minimum Gasteiger partial charge on any atom is -0.397 e. The standard InChI is InChI=1S/C12H11ClFN3O2S/c13-9-3-1-7(5-10(9)14)17-12-4-2-8(6-11(12)15)20(16,18)19/h1-6,17H,15H2,(H2,16,18,19). The van der Waals surface area contributed by atoms with Crippen LogP contribution in [0.4, 0.5) is 21.5 Å². The van der Waals surface area contributed by atoms with E-state index in [2.05, 4.69) is 5.32 Å². The van der Waals surface area contributed by atoms with Crippen molar-refractivity contribution in [3.05, 3.63) is 47.2 Å². The predicted molar refractivity (Wildman–Crippen MR) is 76.9 cm³/mol. The van der Waals surface area contributed by atoms with E-state index in [9.17, 15) is 12.8 Å². The molecule has 0 heterocycles. The SMILES string of the molecule is Nc1cc(S(N)(=O)=O)ccc1Nc1ccc(Cl)c(F)c1. The van der Waals surface area contributed by atoms with E-state index in [0.717, 1.165) is 0 Å². The van der Waals surface area contributed by atoms with Gasteiger partial charge in [-0.25, -0.2) is 17.9 Å². The molecule has 0 aliphatic heterocycles. The lowest BCUT2D eigenvalue weighted by Gasteiger charge is -2.10. The van der Waals surface area contributed by atoms with Crippen LogP contribution in [0, 0.1) is 5.82 Å². The number of benzene rings is 2. The highest BCUT2D eigenvalue weighted by Crippen LogP contribution is 2.27. The van der Waals surface area contributed by atoms with Gasteiger partial charge in [0, 0.05) is 5.69 Å². The third-order valence-electron chi connectivity index (χ3n) is 2.55. The van der Waals surface area contributed by atoms with Crippen molar-refractivity contribution in [2.45, 2.75) is 4.90 Å². The van der Waals surface area contributed by atoms with E-state index in [0.29, 0.717) is 11.4 Å². The molecule has 2 rings (SSSR count). The average Bonchev–Trinajstić information content (AvgIpc) is 2.35. The van der Waals surface area contributed by atoms with E-state index in [1.807, 2.05) is 0 Å². The smallest absolute Gasteiger partial charge is 0.238 e. The first kappa shape index (κ1) is 14.6. The molecule has 0 aromatic heterocycles. The number of nitrogens with one attached hydrogen (secondary N) is 1. The maximum absolute atomic E-state index is 13.3. The molecule has 5 N–H and O–H groups in total. The molecule has 0 aliphatic carbocycles. The van der Waals surface area contributed by atoms with Gasteiger partial charge in [0.25, 0.3) is 0 Å². The molecule has 0 spiro atoms. The summed E-state index contributed by atoms with van der Waals surface area (Å²) >= 11 is 5.58. The number of nitrogens with two attached hydrogens (primary N) is 2. The molecule has 8 heteroatoms. The summed E-state index contributed by atoms with van der Waals surface area (Å²) in [5.41, 5.74) is 6.77. The number of rotatable bonds is 3. The Morgan fingerprint density at radius 3 is 2.40 bits per heavy atom. The maximum atomic E-state index is 13.3. The minimum atomic E-state index is -3.81. The van der Waals surface area contributed by atoms with Gasteiger partial charge >= 0.3 is 0 Å². The van der Waals surface area contributed by atoms with Crippen LogP contribution in [0.2, 0.25) is 5.02 Å². The molecule has 0 fully saturated rings. The van der Waals surface area contributed by atoms with Crippen molar-refractivity contribution in [3.63, 3.8) is 0 Å². The van der Waals surface area contributed by atoms with Crippen molar-refractivity contribution in [2.24, 2.45) is 5.14 Å². The van der Waals surface area contributed by atoms with Gasteiger partial charge in [0.1, 0.15) is 5.82 Å². The molecule has 0 saturated carbocycles. The molecule has 0 saturated heterocycles. The summed E-state index contributed by atoms with van der Waals surface area (Å²) in [6, 6.07) is 8.15. The van der Waals surface area contributed by atoms with Gasteiger partial charge in [-0.05, 0) is 36.4 Å². The fraction of sp³-hybridized carbons (Fsp3) is 0. The van der Waals surface area contributed by atoms with Crippen LogP contribution in [0.15, 0.2) is 41.3 Å². The van der Waals surface area contributed by atoms with Crippen LogP contribution in [0.3, 0.4) is 0 Å². The highest BCUT2D eigenvalue weighted by atomic mass is 35.5. The van der Waals surface area contributed by atoms with Gasteiger partial charge < -0.3 is 11.1 Å². The van der Waals surface area contributed by atoms with Gasteiger partial charge in [-0.3, -0.25) is 0 Å². The Hall–Kier alpha value is -1.83. The second kappa shape index (κ2) is 5.28. The molecular weight excluding hydrogens is 305 g/mol. The first-order valence-electron chi connectivity index (χ1n) is 5.42. The number of hydrogen-bond acceptors (Lipinski definition) is 4. The summed E-state index contributed by atoms with van der Waals surface area (Å²) in [6.07, 6.45) is 0. The fourth-order valence-corrected chi connectivity index (χ4v) is 2.23. The van der Waals surface area contributed by atoms with Gasteiger partial charge in [0.15, 0.2) is 0 Å². The Morgan fingerprint density at radius 1 is 1.15 bits per heavy atom. The van der Waals surface area contributed by atoms with E-state index in [-0.39, 0.29) is 15.6 Å². The molecule has 2 aromatic carbocycles. The Bertz CT molecular complexity index is 765. The Morgan fingerprint density at radius 2 is 1.85 bits per heavy atom. The lowest BCUT2D eigenvalue weighted by atomic mass is 10.2. The zero-order valence-electron chi connectivity index (χ0n) is 10.1. The van der Waals surface area contributed by atoms with Crippen LogP contribution >= 0.6 is 11.6 Å². The molecule has 2 aromatic rings. The number of hydrogen-bond donors (Lipinski definition) is 3. The first-order chi connectivity index (χ1) is 9.27. The average molecular weight is 316 g/mol. The van der Waals surface area contributed by atoms with Crippen LogP contribution in [-0.2, 0) is 10.0 Å². The van der Waals surface area contributed by atoms with Gasteiger partial charge in [0.05, 0.1) is 21.3 Å². The molecule has 0 amide bonds. The second-order valence-electron chi connectivity index (χ2n) is 4.05. The van der Waals surface area contributed by atoms with Crippen LogP contribution < -0.4 is 16.2 Å². The zero-order valence-corrected chi connectivity index (χ0v) is 11.7. The molecule has 0 aliphatic rings. The lowest BCUT2D eigenvalue weighted by molar-refractivity contribution is 0.598. The van der Waals surface area contributed by atoms with E-state index >= 15 is 0 Å². The van der Waals surface area contributed by atoms with Gasteiger partial charge in [-0.15, -0.1) is 0 Å². The van der Waals surface area contributed by atoms with Crippen molar-refractivity contribution >= 4 is 38.7 Å². The molecule has 5 nitrogen and oxygen atoms in total. The van der Waals surface area contributed by atoms with Gasteiger partial charge in [-0.2, -0.15) is 0 Å². The molecule has 106 valence electrons. The van der Waals surface area contributed by atoms with Crippen molar-refractivity contribution in [2.75, 3.05) is 11.1 Å². The molecule has 0 atom stereocenters. The molecule has 20 heavy (non-hydrogen) atoms. The van der Waals surface area contributed by atoms with E-state index in [4.69, 9.17) is 22.5 Å². The minimum absolute atomic E-state index is 0.00750. The largest absolute Gasteiger partial charge is 0.397 e. The van der Waals surface area contributed by atoms with E-state index in [1.54, 1.807) is 6.07 Å². The monoisotopic (exact) mass is 315 g/mol. The van der Waals surface area contributed by atoms with Crippen molar-refractivity contribution in [3.8, 4) is 0 Å². The topological polar surface area (TPSA) is 98.2 Å². The summed E-state index contributed by atoms with van der Waals surface area (Å²) in [5, 5.41) is 7.86. The van der Waals surface area contributed by atoms with Crippen LogP contribution in [-0.4, -0.2) is 8.42 Å².